The Morgan fingerprint density at radius 1 is 1.26 bits per heavy atom. The minimum atomic E-state index is -0.283. The summed E-state index contributed by atoms with van der Waals surface area (Å²) in [6.07, 6.45) is 6.48. The van der Waals surface area contributed by atoms with Crippen LogP contribution in [0.4, 0.5) is 4.39 Å². The third-order valence-electron chi connectivity index (χ3n) is 4.98. The summed E-state index contributed by atoms with van der Waals surface area (Å²) < 4.78 is 13.4. The summed E-state index contributed by atoms with van der Waals surface area (Å²) in [7, 11) is 0. The first-order valence-electron chi connectivity index (χ1n) is 7.03. The minimum Gasteiger partial charge on any atom is -0.360 e. The van der Waals surface area contributed by atoms with Crippen LogP contribution < -0.4 is 0 Å². The average molecular weight is 257 g/mol. The van der Waals surface area contributed by atoms with E-state index in [2.05, 4.69) is 4.98 Å². The second-order valence-electron chi connectivity index (χ2n) is 6.04. The number of aromatic nitrogens is 1. The van der Waals surface area contributed by atoms with Crippen LogP contribution in [0, 0.1) is 23.6 Å². The van der Waals surface area contributed by atoms with Gasteiger partial charge in [-0.25, -0.2) is 4.39 Å². The first kappa shape index (κ1) is 11.2. The Morgan fingerprint density at radius 3 is 2.89 bits per heavy atom. The maximum atomic E-state index is 13.4. The van der Waals surface area contributed by atoms with Crippen molar-refractivity contribution in [3.63, 3.8) is 0 Å². The zero-order valence-corrected chi connectivity index (χ0v) is 10.7. The van der Waals surface area contributed by atoms with Crippen molar-refractivity contribution in [2.45, 2.75) is 25.7 Å². The Balaban J connectivity index is 1.74. The van der Waals surface area contributed by atoms with Gasteiger partial charge in [0, 0.05) is 28.6 Å². The molecule has 19 heavy (non-hydrogen) atoms. The zero-order valence-electron chi connectivity index (χ0n) is 10.7. The molecular formula is C16H16FNO. The van der Waals surface area contributed by atoms with Crippen LogP contribution in [0.5, 0.6) is 0 Å². The lowest BCUT2D eigenvalue weighted by molar-refractivity contribution is 0.0876. The normalized spacial score (nSPS) is 29.2. The van der Waals surface area contributed by atoms with Crippen LogP contribution in [0.25, 0.3) is 10.9 Å². The summed E-state index contributed by atoms with van der Waals surface area (Å²) in [5.74, 6) is 1.41. The van der Waals surface area contributed by atoms with E-state index in [1.807, 2.05) is 0 Å². The summed E-state index contributed by atoms with van der Waals surface area (Å²) in [5, 5.41) is 0.729. The lowest BCUT2D eigenvalue weighted by Crippen LogP contribution is -2.20. The number of carbonyl (C=O) groups is 1. The lowest BCUT2D eigenvalue weighted by atomic mass is 9.83. The van der Waals surface area contributed by atoms with Gasteiger partial charge in [0.05, 0.1) is 0 Å². The number of halogens is 1. The van der Waals surface area contributed by atoms with Crippen molar-refractivity contribution in [2.24, 2.45) is 17.8 Å². The topological polar surface area (TPSA) is 32.9 Å². The fourth-order valence-corrected chi connectivity index (χ4v) is 4.06. The van der Waals surface area contributed by atoms with Crippen LogP contribution >= 0.6 is 0 Å². The van der Waals surface area contributed by atoms with E-state index in [-0.39, 0.29) is 17.5 Å². The van der Waals surface area contributed by atoms with Gasteiger partial charge in [-0.1, -0.05) is 6.42 Å². The summed E-state index contributed by atoms with van der Waals surface area (Å²) >= 11 is 0. The van der Waals surface area contributed by atoms with Crippen LogP contribution in [0.15, 0.2) is 24.4 Å². The van der Waals surface area contributed by atoms with E-state index < -0.39 is 0 Å². The lowest BCUT2D eigenvalue weighted by Gasteiger charge is -2.19. The van der Waals surface area contributed by atoms with Crippen molar-refractivity contribution >= 4 is 16.7 Å². The molecule has 2 aliphatic carbocycles. The highest BCUT2D eigenvalue weighted by Crippen LogP contribution is 2.49. The van der Waals surface area contributed by atoms with Crippen molar-refractivity contribution < 1.29 is 9.18 Å². The SMILES string of the molecule is O=C(c1c[nH]c2ccc(F)cc12)C1CC2CCC1C2. The number of benzene rings is 1. The van der Waals surface area contributed by atoms with Gasteiger partial charge >= 0.3 is 0 Å². The molecule has 0 radical (unpaired) electrons. The standard InChI is InChI=1S/C16H16FNO/c17-11-3-4-15-13(7-11)14(8-18-15)16(19)12-6-9-1-2-10(12)5-9/h3-4,7-10,12,18H,1-2,5-6H2. The van der Waals surface area contributed by atoms with E-state index in [1.165, 1.54) is 31.4 Å². The molecule has 3 heteroatoms. The highest BCUT2D eigenvalue weighted by atomic mass is 19.1. The fraction of sp³-hybridized carbons (Fsp3) is 0.438. The van der Waals surface area contributed by atoms with E-state index in [0.29, 0.717) is 11.5 Å². The third-order valence-corrected chi connectivity index (χ3v) is 4.98. The molecule has 1 aromatic carbocycles. The molecule has 2 saturated carbocycles. The molecule has 2 nitrogen and oxygen atoms in total. The first-order chi connectivity index (χ1) is 9.22. The Bertz CT molecular complexity index is 660. The molecule has 2 bridgehead atoms. The van der Waals surface area contributed by atoms with Gasteiger partial charge in [0.15, 0.2) is 5.78 Å². The number of hydrogen-bond acceptors (Lipinski definition) is 1. The van der Waals surface area contributed by atoms with Crippen molar-refractivity contribution in [3.8, 4) is 0 Å². The van der Waals surface area contributed by atoms with Crippen molar-refractivity contribution in [1.29, 1.82) is 0 Å². The van der Waals surface area contributed by atoms with E-state index in [9.17, 15) is 9.18 Å². The molecule has 2 aliphatic rings. The highest BCUT2D eigenvalue weighted by molar-refractivity contribution is 6.09. The molecule has 2 aromatic rings. The van der Waals surface area contributed by atoms with E-state index in [4.69, 9.17) is 0 Å². The smallest absolute Gasteiger partial charge is 0.168 e. The van der Waals surface area contributed by atoms with Gasteiger partial charge in [0.2, 0.25) is 0 Å². The summed E-state index contributed by atoms with van der Waals surface area (Å²) in [6.45, 7) is 0. The van der Waals surface area contributed by atoms with Crippen LogP contribution in [0.2, 0.25) is 0 Å². The maximum Gasteiger partial charge on any atom is 0.168 e. The number of hydrogen-bond donors (Lipinski definition) is 1. The number of aromatic amines is 1. The predicted octanol–water partition coefficient (Wildman–Crippen LogP) is 3.93. The van der Waals surface area contributed by atoms with E-state index in [1.54, 1.807) is 12.3 Å². The average Bonchev–Trinajstić information content (AvgIpc) is 3.11. The molecule has 0 saturated heterocycles. The molecule has 1 aromatic heterocycles. The largest absolute Gasteiger partial charge is 0.360 e. The molecule has 1 heterocycles. The van der Waals surface area contributed by atoms with Crippen molar-refractivity contribution in [3.05, 3.63) is 35.8 Å². The van der Waals surface area contributed by atoms with E-state index in [0.717, 1.165) is 23.2 Å². The summed E-state index contributed by atoms with van der Waals surface area (Å²) in [6, 6.07) is 4.58. The molecule has 0 amide bonds. The molecule has 4 rings (SSSR count). The number of carbonyl (C=O) groups excluding carboxylic acids is 1. The predicted molar refractivity (Wildman–Crippen MR) is 71.5 cm³/mol. The van der Waals surface area contributed by atoms with Crippen LogP contribution in [-0.2, 0) is 0 Å². The second-order valence-corrected chi connectivity index (χ2v) is 6.04. The van der Waals surface area contributed by atoms with Crippen LogP contribution in [0.3, 0.4) is 0 Å². The molecule has 98 valence electrons. The molecule has 1 N–H and O–H groups in total. The minimum absolute atomic E-state index is 0.168. The third kappa shape index (κ3) is 1.64. The van der Waals surface area contributed by atoms with Gasteiger partial charge < -0.3 is 4.98 Å². The number of fused-ring (bicyclic) bond motifs is 3. The van der Waals surface area contributed by atoms with Gasteiger partial charge in [-0.15, -0.1) is 0 Å². The second kappa shape index (κ2) is 3.92. The van der Waals surface area contributed by atoms with Crippen molar-refractivity contribution in [1.82, 2.24) is 4.98 Å². The van der Waals surface area contributed by atoms with Gasteiger partial charge in [-0.05, 0) is 49.3 Å². The Labute approximate surface area is 111 Å². The molecule has 2 fully saturated rings. The molecule has 3 atom stereocenters. The van der Waals surface area contributed by atoms with Gasteiger partial charge in [0.25, 0.3) is 0 Å². The Hall–Kier alpha value is -1.64. The van der Waals surface area contributed by atoms with Gasteiger partial charge in [-0.3, -0.25) is 4.79 Å². The number of H-pyrrole nitrogens is 1. The molecule has 0 spiro atoms. The van der Waals surface area contributed by atoms with Crippen LogP contribution in [-0.4, -0.2) is 10.8 Å². The monoisotopic (exact) mass is 257 g/mol. The number of ketones is 1. The van der Waals surface area contributed by atoms with Crippen molar-refractivity contribution in [2.75, 3.05) is 0 Å². The quantitative estimate of drug-likeness (QED) is 0.812. The summed E-state index contributed by atoms with van der Waals surface area (Å²) in [4.78, 5) is 15.8. The van der Waals surface area contributed by atoms with E-state index >= 15 is 0 Å². The molecule has 3 unspecified atom stereocenters. The summed E-state index contributed by atoms with van der Waals surface area (Å²) in [5.41, 5.74) is 1.51. The fourth-order valence-electron chi connectivity index (χ4n) is 4.06. The van der Waals surface area contributed by atoms with Gasteiger partial charge in [-0.2, -0.15) is 0 Å². The first-order valence-corrected chi connectivity index (χ1v) is 7.03. The number of rotatable bonds is 2. The van der Waals surface area contributed by atoms with Gasteiger partial charge in [0.1, 0.15) is 5.82 Å². The highest BCUT2D eigenvalue weighted by Gasteiger charge is 2.43. The molecule has 0 aliphatic heterocycles. The zero-order chi connectivity index (χ0) is 13.0. The Kier molecular flexibility index (Phi) is 2.32. The number of Topliss-reactive ketones (excluding diaryl/α,β-unsaturated/α-hetero) is 1. The molecular weight excluding hydrogens is 241 g/mol. The number of nitrogens with one attached hydrogen (secondary N) is 1. The maximum absolute atomic E-state index is 13.4. The van der Waals surface area contributed by atoms with Crippen LogP contribution in [0.1, 0.15) is 36.0 Å². The Morgan fingerprint density at radius 2 is 2.16 bits per heavy atom.